The van der Waals surface area contributed by atoms with Gasteiger partial charge in [-0.3, -0.25) is 19.2 Å². The predicted octanol–water partition coefficient (Wildman–Crippen LogP) is 3.54. The number of nitro groups is 1. The molecule has 0 aliphatic heterocycles. The van der Waals surface area contributed by atoms with Crippen molar-refractivity contribution in [3.63, 3.8) is 0 Å². The summed E-state index contributed by atoms with van der Waals surface area (Å²) in [6, 6.07) is 13.2. The molecule has 1 heterocycles. The maximum atomic E-state index is 12.5. The van der Waals surface area contributed by atoms with Crippen LogP contribution in [0.1, 0.15) is 28.1 Å². The van der Waals surface area contributed by atoms with Crippen LogP contribution >= 0.6 is 0 Å². The van der Waals surface area contributed by atoms with Crippen molar-refractivity contribution in [2.75, 3.05) is 17.1 Å². The Morgan fingerprint density at radius 1 is 1.11 bits per heavy atom. The van der Waals surface area contributed by atoms with E-state index in [1.165, 1.54) is 35.5 Å². The first-order chi connectivity index (χ1) is 16.4. The van der Waals surface area contributed by atoms with E-state index in [0.717, 1.165) is 39.3 Å². The SMILES string of the molecule is Cc1ccc(-n2c(C)cc(/C=N\NC(=O)CN(c3cccc([N+](=O)[O-])c3)S(C)(=O)=O)c2C)cc1C. The molecule has 0 atom stereocenters. The average molecular weight is 498 g/mol. The average Bonchev–Trinajstić information content (AvgIpc) is 3.06. The molecule has 1 amide bonds. The summed E-state index contributed by atoms with van der Waals surface area (Å²) in [5.41, 5.74) is 8.18. The van der Waals surface area contributed by atoms with Gasteiger partial charge in [-0.15, -0.1) is 0 Å². The van der Waals surface area contributed by atoms with E-state index in [-0.39, 0.29) is 11.4 Å². The molecular formula is C24H27N5O5S. The van der Waals surface area contributed by atoms with Crippen molar-refractivity contribution in [2.24, 2.45) is 5.10 Å². The van der Waals surface area contributed by atoms with Gasteiger partial charge in [-0.25, -0.2) is 13.8 Å². The molecule has 3 rings (SSSR count). The van der Waals surface area contributed by atoms with E-state index in [1.54, 1.807) is 0 Å². The lowest BCUT2D eigenvalue weighted by molar-refractivity contribution is -0.384. The van der Waals surface area contributed by atoms with Crippen molar-refractivity contribution in [3.05, 3.63) is 86.7 Å². The molecular weight excluding hydrogens is 470 g/mol. The highest BCUT2D eigenvalue weighted by Gasteiger charge is 2.22. The molecule has 2 aromatic carbocycles. The highest BCUT2D eigenvalue weighted by Crippen LogP contribution is 2.23. The van der Waals surface area contributed by atoms with Crippen LogP contribution < -0.4 is 9.73 Å². The van der Waals surface area contributed by atoms with Crippen LogP contribution in [0.25, 0.3) is 5.69 Å². The summed E-state index contributed by atoms with van der Waals surface area (Å²) in [4.78, 5) is 22.9. The molecule has 0 saturated carbocycles. The van der Waals surface area contributed by atoms with Crippen LogP contribution in [0.15, 0.2) is 53.6 Å². The number of carbonyl (C=O) groups excluding carboxylic acids is 1. The normalized spacial score (nSPS) is 11.6. The molecule has 1 aromatic heterocycles. The standard InChI is InChI=1S/C24H27N5O5S/c1-16-9-10-22(11-17(16)2)28-18(3)12-20(19(28)4)14-25-26-24(30)15-27(35(5,33)34)21-7-6-8-23(13-21)29(31)32/h6-14H,15H2,1-5H3,(H,26,30)/b25-14-. The number of nitro benzene ring substituents is 1. The van der Waals surface area contributed by atoms with Gasteiger partial charge >= 0.3 is 0 Å². The van der Waals surface area contributed by atoms with Gasteiger partial charge in [0.1, 0.15) is 6.54 Å². The summed E-state index contributed by atoms with van der Waals surface area (Å²) in [5, 5.41) is 15.0. The van der Waals surface area contributed by atoms with E-state index in [1.807, 2.05) is 26.0 Å². The molecule has 0 aliphatic rings. The Bertz CT molecular complexity index is 1430. The van der Waals surface area contributed by atoms with Gasteiger partial charge in [0.15, 0.2) is 0 Å². The molecule has 0 spiro atoms. The highest BCUT2D eigenvalue weighted by atomic mass is 32.2. The lowest BCUT2D eigenvalue weighted by Gasteiger charge is -2.21. The van der Waals surface area contributed by atoms with Crippen LogP contribution in [0.2, 0.25) is 0 Å². The zero-order valence-electron chi connectivity index (χ0n) is 20.1. The van der Waals surface area contributed by atoms with Gasteiger partial charge in [0.25, 0.3) is 11.6 Å². The van der Waals surface area contributed by atoms with Gasteiger partial charge in [0.2, 0.25) is 10.0 Å². The number of carbonyl (C=O) groups is 1. The number of amides is 1. The van der Waals surface area contributed by atoms with Crippen LogP contribution in [-0.4, -0.2) is 42.8 Å². The summed E-state index contributed by atoms with van der Waals surface area (Å²) in [7, 11) is -3.88. The Morgan fingerprint density at radius 2 is 1.83 bits per heavy atom. The van der Waals surface area contributed by atoms with Crippen molar-refractivity contribution >= 4 is 33.5 Å². The number of non-ortho nitro benzene ring substituents is 1. The van der Waals surface area contributed by atoms with E-state index in [0.29, 0.717) is 0 Å². The fourth-order valence-electron chi connectivity index (χ4n) is 3.68. The van der Waals surface area contributed by atoms with E-state index in [2.05, 4.69) is 41.1 Å². The number of hydrazone groups is 1. The third kappa shape index (κ3) is 5.93. The molecule has 184 valence electrons. The van der Waals surface area contributed by atoms with Crippen LogP contribution in [0, 0.1) is 37.8 Å². The van der Waals surface area contributed by atoms with Gasteiger partial charge in [-0.1, -0.05) is 12.1 Å². The van der Waals surface area contributed by atoms with Crippen LogP contribution in [0.4, 0.5) is 11.4 Å². The third-order valence-electron chi connectivity index (χ3n) is 5.63. The molecule has 0 radical (unpaired) electrons. The first kappa shape index (κ1) is 25.6. The van der Waals surface area contributed by atoms with Gasteiger partial charge < -0.3 is 4.57 Å². The molecule has 0 fully saturated rings. The molecule has 35 heavy (non-hydrogen) atoms. The quantitative estimate of drug-likeness (QED) is 0.289. The number of nitrogens with zero attached hydrogens (tertiary/aromatic N) is 4. The molecule has 0 unspecified atom stereocenters. The Labute approximate surface area is 204 Å². The number of nitrogens with one attached hydrogen (secondary N) is 1. The molecule has 3 aromatic rings. The Balaban J connectivity index is 1.77. The second-order valence-corrected chi connectivity index (χ2v) is 10.2. The highest BCUT2D eigenvalue weighted by molar-refractivity contribution is 7.92. The maximum absolute atomic E-state index is 12.5. The van der Waals surface area contributed by atoms with Crippen LogP contribution in [0.5, 0.6) is 0 Å². The first-order valence-electron chi connectivity index (χ1n) is 10.7. The summed E-state index contributed by atoms with van der Waals surface area (Å²) >= 11 is 0. The van der Waals surface area contributed by atoms with Crippen LogP contribution in [0.3, 0.4) is 0 Å². The summed E-state index contributed by atoms with van der Waals surface area (Å²) < 4.78 is 27.4. The lowest BCUT2D eigenvalue weighted by atomic mass is 10.1. The second kappa shape index (κ2) is 10.1. The molecule has 1 N–H and O–H groups in total. The molecule has 11 heteroatoms. The third-order valence-corrected chi connectivity index (χ3v) is 6.77. The lowest BCUT2D eigenvalue weighted by Crippen LogP contribution is -2.39. The van der Waals surface area contributed by atoms with Gasteiger partial charge in [-0.2, -0.15) is 5.10 Å². The fourth-order valence-corrected chi connectivity index (χ4v) is 4.53. The van der Waals surface area contributed by atoms with Crippen molar-refractivity contribution in [1.29, 1.82) is 0 Å². The zero-order valence-corrected chi connectivity index (χ0v) is 21.0. The molecule has 0 saturated heterocycles. The number of hydrogen-bond acceptors (Lipinski definition) is 6. The molecule has 0 bridgehead atoms. The maximum Gasteiger partial charge on any atom is 0.271 e. The number of aryl methyl sites for hydroxylation is 3. The monoisotopic (exact) mass is 497 g/mol. The topological polar surface area (TPSA) is 127 Å². The van der Waals surface area contributed by atoms with Crippen LogP contribution in [-0.2, 0) is 14.8 Å². The van der Waals surface area contributed by atoms with E-state index in [9.17, 15) is 23.3 Å². The number of sulfonamides is 1. The van der Waals surface area contributed by atoms with E-state index >= 15 is 0 Å². The van der Waals surface area contributed by atoms with Gasteiger partial charge in [0.05, 0.1) is 23.1 Å². The van der Waals surface area contributed by atoms with Crippen molar-refractivity contribution in [3.8, 4) is 5.69 Å². The Kier molecular flexibility index (Phi) is 7.39. The smallest absolute Gasteiger partial charge is 0.271 e. The Morgan fingerprint density at radius 3 is 2.46 bits per heavy atom. The molecule has 0 aliphatic carbocycles. The second-order valence-electron chi connectivity index (χ2n) is 8.27. The summed E-state index contributed by atoms with van der Waals surface area (Å²) in [6.07, 6.45) is 2.42. The first-order valence-corrected chi connectivity index (χ1v) is 12.5. The summed E-state index contributed by atoms with van der Waals surface area (Å²) in [5.74, 6) is -0.693. The van der Waals surface area contributed by atoms with E-state index in [4.69, 9.17) is 0 Å². The van der Waals surface area contributed by atoms with Crippen molar-refractivity contribution in [1.82, 2.24) is 9.99 Å². The Hall–Kier alpha value is -3.99. The zero-order chi connectivity index (χ0) is 25.9. The number of rotatable bonds is 8. The minimum Gasteiger partial charge on any atom is -0.318 e. The number of benzene rings is 2. The predicted molar refractivity (Wildman–Crippen MR) is 136 cm³/mol. The minimum atomic E-state index is -3.88. The minimum absolute atomic E-state index is 0.0118. The largest absolute Gasteiger partial charge is 0.318 e. The van der Waals surface area contributed by atoms with Crippen molar-refractivity contribution in [2.45, 2.75) is 27.7 Å². The number of aromatic nitrogens is 1. The van der Waals surface area contributed by atoms with Crippen molar-refractivity contribution < 1.29 is 18.1 Å². The summed E-state index contributed by atoms with van der Waals surface area (Å²) in [6.45, 7) is 7.44. The molecule has 10 nitrogen and oxygen atoms in total. The van der Waals surface area contributed by atoms with Gasteiger partial charge in [-0.05, 0) is 63.1 Å². The number of anilines is 1. The number of hydrogen-bond donors (Lipinski definition) is 1. The van der Waals surface area contributed by atoms with E-state index < -0.39 is 27.4 Å². The van der Waals surface area contributed by atoms with Gasteiger partial charge in [0, 0.05) is 34.8 Å². The fraction of sp³-hybridized carbons (Fsp3) is 0.250.